The zero-order valence-corrected chi connectivity index (χ0v) is 17.6. The topological polar surface area (TPSA) is 72.3 Å². The largest absolute Gasteiger partial charge is 0.289 e. The van der Waals surface area contributed by atoms with Gasteiger partial charge in [-0.05, 0) is 50.3 Å². The Morgan fingerprint density at radius 1 is 1.03 bits per heavy atom. The minimum atomic E-state index is -3.60. The summed E-state index contributed by atoms with van der Waals surface area (Å²) in [5, 5.41) is 4.57. The molecular weight excluding hydrogens is 386 g/mol. The third-order valence-electron chi connectivity index (χ3n) is 4.65. The minimum Gasteiger partial charge on any atom is -0.289 e. The highest BCUT2D eigenvalue weighted by molar-refractivity contribution is 7.89. The molecule has 0 unspecified atom stereocenters. The van der Waals surface area contributed by atoms with E-state index in [9.17, 15) is 13.2 Å². The van der Waals surface area contributed by atoms with Crippen LogP contribution < -0.4 is 0 Å². The number of aryl methyl sites for hydroxylation is 1. The van der Waals surface area contributed by atoms with Crippen LogP contribution in [0.2, 0.25) is 0 Å². The van der Waals surface area contributed by atoms with Gasteiger partial charge in [-0.15, -0.1) is 0 Å². The number of carbonyl (C=O) groups excluding carboxylic acids is 1. The van der Waals surface area contributed by atoms with E-state index in [-0.39, 0.29) is 10.7 Å². The number of carbonyl (C=O) groups is 1. The second-order valence-corrected chi connectivity index (χ2v) is 9.00. The van der Waals surface area contributed by atoms with Crippen LogP contribution in [0.15, 0.2) is 65.6 Å². The number of allylic oxidation sites excluding steroid dienone is 1. The Bertz CT molecular complexity index is 1180. The van der Waals surface area contributed by atoms with Crippen molar-refractivity contribution in [2.45, 2.75) is 18.7 Å². The van der Waals surface area contributed by atoms with Gasteiger partial charge in [-0.1, -0.05) is 30.3 Å². The van der Waals surface area contributed by atoms with Crippen molar-refractivity contribution < 1.29 is 13.2 Å². The number of ketones is 1. The maximum atomic E-state index is 12.6. The van der Waals surface area contributed by atoms with Crippen LogP contribution in [0.1, 0.15) is 27.3 Å². The molecule has 0 spiro atoms. The van der Waals surface area contributed by atoms with Crippen LogP contribution in [-0.4, -0.2) is 42.4 Å². The van der Waals surface area contributed by atoms with Crippen LogP contribution >= 0.6 is 0 Å². The summed E-state index contributed by atoms with van der Waals surface area (Å²) in [5.74, 6) is -0.271. The van der Waals surface area contributed by atoms with E-state index in [1.165, 1.54) is 32.3 Å². The Balaban J connectivity index is 1.90. The molecule has 150 valence electrons. The van der Waals surface area contributed by atoms with Gasteiger partial charge in [0, 0.05) is 30.9 Å². The summed E-state index contributed by atoms with van der Waals surface area (Å²) < 4.78 is 27.6. The van der Waals surface area contributed by atoms with Crippen molar-refractivity contribution >= 4 is 21.9 Å². The molecule has 0 aliphatic rings. The van der Waals surface area contributed by atoms with Crippen molar-refractivity contribution in [3.05, 3.63) is 83.2 Å². The molecule has 2 aromatic carbocycles. The van der Waals surface area contributed by atoms with Crippen LogP contribution in [-0.2, 0) is 10.0 Å². The van der Waals surface area contributed by atoms with Gasteiger partial charge in [0.2, 0.25) is 10.0 Å². The molecule has 6 nitrogen and oxygen atoms in total. The first-order valence-corrected chi connectivity index (χ1v) is 10.5. The first-order valence-electron chi connectivity index (χ1n) is 9.08. The lowest BCUT2D eigenvalue weighted by Crippen LogP contribution is -2.22. The average molecular weight is 410 g/mol. The van der Waals surface area contributed by atoms with Gasteiger partial charge in [-0.3, -0.25) is 4.79 Å². The Kier molecular flexibility index (Phi) is 5.81. The molecule has 29 heavy (non-hydrogen) atoms. The lowest BCUT2D eigenvalue weighted by atomic mass is 10.1. The average Bonchev–Trinajstić information content (AvgIpc) is 3.00. The number of benzene rings is 2. The normalized spacial score (nSPS) is 12.0. The number of nitrogens with zero attached hydrogens (tertiary/aromatic N) is 3. The molecular formula is C22H23N3O3S. The molecule has 0 aliphatic heterocycles. The van der Waals surface area contributed by atoms with E-state index in [4.69, 9.17) is 0 Å². The zero-order chi connectivity index (χ0) is 21.2. The van der Waals surface area contributed by atoms with Crippen LogP contribution in [0.4, 0.5) is 0 Å². The summed E-state index contributed by atoms with van der Waals surface area (Å²) in [6, 6.07) is 15.8. The van der Waals surface area contributed by atoms with Crippen LogP contribution in [0.3, 0.4) is 0 Å². The first-order chi connectivity index (χ1) is 13.7. The molecule has 7 heteroatoms. The fourth-order valence-corrected chi connectivity index (χ4v) is 3.94. The monoisotopic (exact) mass is 409 g/mol. The van der Waals surface area contributed by atoms with Crippen molar-refractivity contribution in [2.75, 3.05) is 14.1 Å². The van der Waals surface area contributed by atoms with Gasteiger partial charge < -0.3 is 0 Å². The molecule has 0 amide bonds. The summed E-state index contributed by atoms with van der Waals surface area (Å²) in [7, 11) is -0.681. The zero-order valence-electron chi connectivity index (χ0n) is 16.8. The molecule has 3 rings (SSSR count). The summed E-state index contributed by atoms with van der Waals surface area (Å²) in [6.45, 7) is 3.84. The first kappa shape index (κ1) is 20.7. The molecule has 0 N–H and O–H groups in total. The number of hydrogen-bond acceptors (Lipinski definition) is 4. The van der Waals surface area contributed by atoms with E-state index in [2.05, 4.69) is 5.10 Å². The van der Waals surface area contributed by atoms with E-state index >= 15 is 0 Å². The van der Waals surface area contributed by atoms with Gasteiger partial charge in [0.1, 0.15) is 0 Å². The highest BCUT2D eigenvalue weighted by Gasteiger charge is 2.18. The molecule has 3 aromatic rings. The Hall–Kier alpha value is -3.03. The van der Waals surface area contributed by atoms with Crippen molar-refractivity contribution in [3.63, 3.8) is 0 Å². The van der Waals surface area contributed by atoms with Crippen molar-refractivity contribution in [1.29, 1.82) is 0 Å². The molecule has 0 bridgehead atoms. The Morgan fingerprint density at radius 2 is 1.72 bits per heavy atom. The van der Waals surface area contributed by atoms with Gasteiger partial charge in [0.15, 0.2) is 5.78 Å². The third kappa shape index (κ3) is 4.21. The van der Waals surface area contributed by atoms with E-state index in [0.29, 0.717) is 5.56 Å². The molecule has 0 saturated heterocycles. The summed E-state index contributed by atoms with van der Waals surface area (Å²) in [6.07, 6.45) is 3.18. The minimum absolute atomic E-state index is 0.0889. The van der Waals surface area contributed by atoms with Gasteiger partial charge in [0.25, 0.3) is 0 Å². The van der Waals surface area contributed by atoms with Crippen LogP contribution in [0.25, 0.3) is 11.8 Å². The second kappa shape index (κ2) is 8.14. The molecule has 0 saturated carbocycles. The van der Waals surface area contributed by atoms with Crippen molar-refractivity contribution in [2.24, 2.45) is 0 Å². The summed E-state index contributed by atoms with van der Waals surface area (Å²) >= 11 is 0. The van der Waals surface area contributed by atoms with Crippen molar-refractivity contribution in [3.8, 4) is 5.69 Å². The van der Waals surface area contributed by atoms with E-state index < -0.39 is 10.0 Å². The second-order valence-electron chi connectivity index (χ2n) is 6.84. The van der Waals surface area contributed by atoms with Crippen LogP contribution in [0.5, 0.6) is 0 Å². The maximum Gasteiger partial charge on any atom is 0.242 e. The van der Waals surface area contributed by atoms with Gasteiger partial charge >= 0.3 is 0 Å². The molecule has 0 radical (unpaired) electrons. The maximum absolute atomic E-state index is 12.6. The summed E-state index contributed by atoms with van der Waals surface area (Å²) in [5.41, 5.74) is 3.84. The summed E-state index contributed by atoms with van der Waals surface area (Å²) in [4.78, 5) is 12.7. The van der Waals surface area contributed by atoms with E-state index in [1.54, 1.807) is 18.2 Å². The van der Waals surface area contributed by atoms with Gasteiger partial charge in [0.05, 0.1) is 16.3 Å². The Labute approximate surface area is 171 Å². The van der Waals surface area contributed by atoms with E-state index in [0.717, 1.165) is 26.9 Å². The number of sulfonamides is 1. The smallest absolute Gasteiger partial charge is 0.242 e. The highest BCUT2D eigenvalue weighted by atomic mass is 32.2. The fraction of sp³-hybridized carbons (Fsp3) is 0.182. The molecule has 0 aliphatic carbocycles. The Morgan fingerprint density at radius 3 is 2.38 bits per heavy atom. The molecule has 1 heterocycles. The lowest BCUT2D eigenvalue weighted by Gasteiger charge is -2.11. The number of aromatic nitrogens is 2. The number of hydrogen-bond donors (Lipinski definition) is 0. The lowest BCUT2D eigenvalue weighted by molar-refractivity contribution is 0.104. The molecule has 1 aromatic heterocycles. The van der Waals surface area contributed by atoms with Crippen LogP contribution in [0, 0.1) is 13.8 Å². The SMILES string of the molecule is Cc1nn(-c2ccccc2)c(C)c1C=CC(=O)c1cccc(S(=O)(=O)N(C)C)c1. The van der Waals surface area contributed by atoms with Gasteiger partial charge in [-0.2, -0.15) is 5.10 Å². The molecule has 0 fully saturated rings. The third-order valence-corrected chi connectivity index (χ3v) is 6.46. The van der Waals surface area contributed by atoms with Gasteiger partial charge in [-0.25, -0.2) is 17.4 Å². The van der Waals surface area contributed by atoms with E-state index in [1.807, 2.05) is 48.9 Å². The quantitative estimate of drug-likeness (QED) is 0.460. The number of para-hydroxylation sites is 1. The predicted octanol–water partition coefficient (Wildman–Crippen LogP) is 3.64. The fourth-order valence-electron chi connectivity index (χ4n) is 2.99. The molecule has 0 atom stereocenters. The predicted molar refractivity (Wildman–Crippen MR) is 114 cm³/mol. The standard InChI is InChI=1S/C22H23N3O3S/c1-16-21(17(2)25(23-16)19-10-6-5-7-11-19)13-14-22(26)18-9-8-12-20(15-18)29(27,28)24(3)4/h5-15H,1-4H3. The number of rotatable bonds is 6. The highest BCUT2D eigenvalue weighted by Crippen LogP contribution is 2.20. The van der Waals surface area contributed by atoms with Crippen molar-refractivity contribution in [1.82, 2.24) is 14.1 Å².